The number of rotatable bonds is 5. The highest BCUT2D eigenvalue weighted by Gasteiger charge is 2.22. The van der Waals surface area contributed by atoms with Crippen molar-refractivity contribution >= 4 is 55.6 Å². The predicted molar refractivity (Wildman–Crippen MR) is 147 cm³/mol. The van der Waals surface area contributed by atoms with Gasteiger partial charge in [-0.25, -0.2) is 4.98 Å². The second-order valence-electron chi connectivity index (χ2n) is 9.87. The summed E-state index contributed by atoms with van der Waals surface area (Å²) in [6.07, 6.45) is 7.40. The Labute approximate surface area is 216 Å². The molecule has 0 unspecified atom stereocenters. The Hall–Kier alpha value is -1.74. The lowest BCUT2D eigenvalue weighted by Crippen LogP contribution is -2.25. The first kappa shape index (κ1) is 24.4. The molecule has 0 spiro atoms. The lowest BCUT2D eigenvalue weighted by molar-refractivity contribution is 0.196. The van der Waals surface area contributed by atoms with Crippen molar-refractivity contribution in [2.24, 2.45) is 10.5 Å². The molecular formula is C26H29BrIN3O2. The molecule has 1 aliphatic carbocycles. The fourth-order valence-corrected chi connectivity index (χ4v) is 5.09. The molecule has 1 aliphatic rings. The van der Waals surface area contributed by atoms with Gasteiger partial charge in [0, 0.05) is 10.4 Å². The van der Waals surface area contributed by atoms with E-state index >= 15 is 0 Å². The van der Waals surface area contributed by atoms with Crippen molar-refractivity contribution in [2.75, 3.05) is 6.61 Å². The summed E-state index contributed by atoms with van der Waals surface area (Å²) in [5.74, 6) is 1.88. The molecule has 7 heteroatoms. The van der Waals surface area contributed by atoms with Gasteiger partial charge in [-0.15, -0.1) is 0 Å². The van der Waals surface area contributed by atoms with Crippen LogP contribution >= 0.6 is 38.5 Å². The molecule has 1 aromatic heterocycles. The van der Waals surface area contributed by atoms with Crippen LogP contribution in [0.4, 0.5) is 0 Å². The minimum absolute atomic E-state index is 0.0952. The van der Waals surface area contributed by atoms with Crippen molar-refractivity contribution in [3.05, 3.63) is 66.2 Å². The lowest BCUT2D eigenvalue weighted by Gasteiger charge is -2.22. The smallest absolute Gasteiger partial charge is 0.282 e. The number of aromatic nitrogens is 2. The molecule has 1 heterocycles. The molecule has 3 aromatic rings. The van der Waals surface area contributed by atoms with Gasteiger partial charge in [0.25, 0.3) is 5.56 Å². The number of halogens is 2. The van der Waals surface area contributed by atoms with Crippen LogP contribution in [0.2, 0.25) is 0 Å². The standard InChI is InChI=1S/C26H29BrIN3O2/c1-26(2,3)16-33-23-12-9-17(13-21(23)28)15-29-31-24(18-7-5-4-6-8-18)30-22-11-10-19(27)14-20(22)25(31)32/h9-15,18H,4-8,16H2,1-3H3. The Morgan fingerprint density at radius 1 is 1.18 bits per heavy atom. The average Bonchev–Trinajstić information content (AvgIpc) is 2.78. The van der Waals surface area contributed by atoms with Crippen molar-refractivity contribution < 1.29 is 4.74 Å². The summed E-state index contributed by atoms with van der Waals surface area (Å²) in [5, 5.41) is 5.22. The molecule has 0 atom stereocenters. The molecule has 1 saturated carbocycles. The van der Waals surface area contributed by atoms with Crippen LogP contribution in [0.3, 0.4) is 0 Å². The zero-order valence-corrected chi connectivity index (χ0v) is 23.0. The Morgan fingerprint density at radius 3 is 2.64 bits per heavy atom. The van der Waals surface area contributed by atoms with Gasteiger partial charge >= 0.3 is 0 Å². The zero-order chi connectivity index (χ0) is 23.6. The van der Waals surface area contributed by atoms with Crippen molar-refractivity contribution in [3.8, 4) is 5.75 Å². The van der Waals surface area contributed by atoms with Crippen molar-refractivity contribution in [2.45, 2.75) is 58.8 Å². The highest BCUT2D eigenvalue weighted by molar-refractivity contribution is 14.1. The fourth-order valence-electron chi connectivity index (χ4n) is 4.04. The predicted octanol–water partition coefficient (Wildman–Crippen LogP) is 7.12. The van der Waals surface area contributed by atoms with Gasteiger partial charge in [0.1, 0.15) is 11.6 Å². The topological polar surface area (TPSA) is 56.5 Å². The van der Waals surface area contributed by atoms with Gasteiger partial charge in [-0.2, -0.15) is 9.78 Å². The van der Waals surface area contributed by atoms with Crippen LogP contribution in [0.5, 0.6) is 5.75 Å². The summed E-state index contributed by atoms with van der Waals surface area (Å²) >= 11 is 5.76. The monoisotopic (exact) mass is 621 g/mol. The van der Waals surface area contributed by atoms with Gasteiger partial charge in [-0.1, -0.05) is 56.0 Å². The third kappa shape index (κ3) is 6.04. The molecule has 0 bridgehead atoms. The van der Waals surface area contributed by atoms with Gasteiger partial charge in [0.15, 0.2) is 0 Å². The minimum Gasteiger partial charge on any atom is -0.492 e. The Kier molecular flexibility index (Phi) is 7.58. The molecule has 4 rings (SSSR count). The SMILES string of the molecule is CC(C)(C)COc1ccc(C=Nn2c(C3CCCCC3)nc3ccc(Br)cc3c2=O)cc1I. The number of hydrogen-bond acceptors (Lipinski definition) is 4. The summed E-state index contributed by atoms with van der Waals surface area (Å²) in [6, 6.07) is 11.6. The van der Waals surface area contributed by atoms with Crippen LogP contribution in [0.25, 0.3) is 10.9 Å². The summed E-state index contributed by atoms with van der Waals surface area (Å²) in [5.41, 5.74) is 1.61. The van der Waals surface area contributed by atoms with E-state index in [4.69, 9.17) is 9.72 Å². The molecule has 5 nitrogen and oxygen atoms in total. The molecule has 2 aromatic carbocycles. The summed E-state index contributed by atoms with van der Waals surface area (Å²) < 4.78 is 9.36. The average molecular weight is 622 g/mol. The van der Waals surface area contributed by atoms with E-state index in [0.29, 0.717) is 12.0 Å². The van der Waals surface area contributed by atoms with E-state index in [9.17, 15) is 4.79 Å². The number of benzene rings is 2. The molecule has 174 valence electrons. The normalized spacial score (nSPS) is 15.4. The quantitative estimate of drug-likeness (QED) is 0.225. The first-order valence-corrected chi connectivity index (χ1v) is 13.3. The highest BCUT2D eigenvalue weighted by Crippen LogP contribution is 2.32. The zero-order valence-electron chi connectivity index (χ0n) is 19.3. The summed E-state index contributed by atoms with van der Waals surface area (Å²) in [6.45, 7) is 7.10. The van der Waals surface area contributed by atoms with Crippen LogP contribution in [0.15, 0.2) is 50.8 Å². The van der Waals surface area contributed by atoms with E-state index in [2.05, 4.69) is 64.4 Å². The van der Waals surface area contributed by atoms with Gasteiger partial charge in [-0.05, 0) is 82.8 Å². The van der Waals surface area contributed by atoms with E-state index in [0.717, 1.165) is 56.4 Å². The van der Waals surface area contributed by atoms with E-state index < -0.39 is 0 Å². The maximum atomic E-state index is 13.4. The number of nitrogens with zero attached hydrogens (tertiary/aromatic N) is 3. The van der Waals surface area contributed by atoms with E-state index in [-0.39, 0.29) is 16.9 Å². The largest absolute Gasteiger partial charge is 0.492 e. The van der Waals surface area contributed by atoms with Gasteiger partial charge in [0.2, 0.25) is 0 Å². The second-order valence-corrected chi connectivity index (χ2v) is 11.9. The Balaban J connectivity index is 1.70. The maximum Gasteiger partial charge on any atom is 0.282 e. The second kappa shape index (κ2) is 10.3. The first-order chi connectivity index (χ1) is 15.7. The van der Waals surface area contributed by atoms with E-state index in [1.54, 1.807) is 6.21 Å². The van der Waals surface area contributed by atoms with Crippen molar-refractivity contribution in [3.63, 3.8) is 0 Å². The number of ether oxygens (including phenoxy) is 1. The molecule has 0 N–H and O–H groups in total. The molecule has 0 amide bonds. The number of hydrogen-bond donors (Lipinski definition) is 0. The molecule has 0 saturated heterocycles. The van der Waals surface area contributed by atoms with Crippen LogP contribution in [-0.2, 0) is 0 Å². The van der Waals surface area contributed by atoms with Crippen LogP contribution in [-0.4, -0.2) is 22.5 Å². The van der Waals surface area contributed by atoms with Crippen LogP contribution < -0.4 is 10.3 Å². The summed E-state index contributed by atoms with van der Waals surface area (Å²) in [4.78, 5) is 18.3. The summed E-state index contributed by atoms with van der Waals surface area (Å²) in [7, 11) is 0. The Bertz CT molecular complexity index is 1240. The molecule has 0 aliphatic heterocycles. The first-order valence-electron chi connectivity index (χ1n) is 11.4. The van der Waals surface area contributed by atoms with Crippen molar-refractivity contribution in [1.29, 1.82) is 0 Å². The van der Waals surface area contributed by atoms with E-state index in [1.807, 2.05) is 36.4 Å². The Morgan fingerprint density at radius 2 is 1.94 bits per heavy atom. The fraction of sp³-hybridized carbons (Fsp3) is 0.423. The number of fused-ring (bicyclic) bond motifs is 1. The van der Waals surface area contributed by atoms with Crippen molar-refractivity contribution in [1.82, 2.24) is 9.66 Å². The third-order valence-electron chi connectivity index (χ3n) is 5.74. The molecular weight excluding hydrogens is 593 g/mol. The highest BCUT2D eigenvalue weighted by atomic mass is 127. The van der Waals surface area contributed by atoms with E-state index in [1.165, 1.54) is 11.1 Å². The molecule has 33 heavy (non-hydrogen) atoms. The van der Waals surface area contributed by atoms with Crippen LogP contribution in [0.1, 0.15) is 70.2 Å². The maximum absolute atomic E-state index is 13.4. The molecule has 1 fully saturated rings. The third-order valence-corrected chi connectivity index (χ3v) is 7.08. The van der Waals surface area contributed by atoms with Gasteiger partial charge in [0.05, 0.1) is 27.3 Å². The van der Waals surface area contributed by atoms with Gasteiger partial charge < -0.3 is 4.74 Å². The van der Waals surface area contributed by atoms with Crippen LogP contribution in [0, 0.1) is 8.99 Å². The lowest BCUT2D eigenvalue weighted by atomic mass is 9.88. The molecule has 0 radical (unpaired) electrons. The minimum atomic E-state index is -0.127. The van der Waals surface area contributed by atoms with Gasteiger partial charge in [-0.3, -0.25) is 4.79 Å².